The van der Waals surface area contributed by atoms with E-state index >= 15 is 0 Å². The van der Waals surface area contributed by atoms with Crippen LogP contribution >= 0.6 is 0 Å². The van der Waals surface area contributed by atoms with Crippen molar-refractivity contribution in [1.82, 2.24) is 5.32 Å². The highest BCUT2D eigenvalue weighted by molar-refractivity contribution is 6.24. The van der Waals surface area contributed by atoms with Gasteiger partial charge in [-0.2, -0.15) is 0 Å². The van der Waals surface area contributed by atoms with Gasteiger partial charge in [-0.25, -0.2) is 15.0 Å². The smallest absolute Gasteiger partial charge is 0.321 e. The van der Waals surface area contributed by atoms with Crippen LogP contribution in [0.15, 0.2) is 131 Å². The Labute approximate surface area is 383 Å². The maximum absolute atomic E-state index is 13.6. The number of fused-ring (bicyclic) bond motifs is 5. The number of nitrogens with one attached hydrogen (secondary N) is 1. The number of ether oxygens (including phenoxy) is 2. The van der Waals surface area contributed by atoms with E-state index in [0.717, 1.165) is 99.1 Å². The molecule has 6 rings (SSSR count). The van der Waals surface area contributed by atoms with Crippen molar-refractivity contribution in [2.45, 2.75) is 146 Å². The summed E-state index contributed by atoms with van der Waals surface area (Å²) in [5.41, 5.74) is 13.3. The Morgan fingerprint density at radius 2 is 1.53 bits per heavy atom. The van der Waals surface area contributed by atoms with Crippen molar-refractivity contribution in [3.63, 3.8) is 0 Å². The van der Waals surface area contributed by atoms with Crippen LogP contribution in [0.4, 0.5) is 0 Å². The fourth-order valence-electron chi connectivity index (χ4n) is 10.2. The molecule has 0 saturated carbocycles. The summed E-state index contributed by atoms with van der Waals surface area (Å²) in [7, 11) is 1.33. The average Bonchev–Trinajstić information content (AvgIpc) is 3.99. The number of hydrogen-bond donors (Lipinski definition) is 2. The third-order valence-corrected chi connectivity index (χ3v) is 14.3. The molecule has 3 unspecified atom stereocenters. The molecule has 64 heavy (non-hydrogen) atoms. The summed E-state index contributed by atoms with van der Waals surface area (Å²) in [5.74, 6) is -0.0182. The van der Waals surface area contributed by atoms with E-state index < -0.39 is 11.9 Å². The number of esters is 2. The highest BCUT2D eigenvalue weighted by atomic mass is 16.5. The van der Waals surface area contributed by atoms with Crippen LogP contribution in [0.5, 0.6) is 0 Å². The summed E-state index contributed by atoms with van der Waals surface area (Å²) >= 11 is 0. The molecule has 5 aliphatic heterocycles. The molecule has 0 aromatic heterocycles. The Bertz CT molecular complexity index is 2300. The number of aliphatic hydroxyl groups is 1. The molecule has 0 aromatic rings. The number of carbonyl (C=O) groups is 2. The summed E-state index contributed by atoms with van der Waals surface area (Å²) in [6, 6.07) is 0. The molecule has 9 heteroatoms. The van der Waals surface area contributed by atoms with Crippen LogP contribution < -0.4 is 5.32 Å². The molecule has 0 amide bonds. The molecule has 5 heterocycles. The number of methoxy groups -OCH3 is 1. The Morgan fingerprint density at radius 3 is 2.19 bits per heavy atom. The molecule has 8 bridgehead atoms. The molecule has 1 fully saturated rings. The highest BCUT2D eigenvalue weighted by Gasteiger charge is 2.49. The number of allylic oxidation sites excluding steroid dienone is 12. The van der Waals surface area contributed by atoms with Gasteiger partial charge in [0, 0.05) is 46.4 Å². The van der Waals surface area contributed by atoms with Crippen molar-refractivity contribution < 1.29 is 24.2 Å². The minimum absolute atomic E-state index is 0.0838. The average molecular weight is 871 g/mol. The largest absolute Gasteiger partial charge is 0.510 e. The quantitative estimate of drug-likeness (QED) is 0.0928. The second kappa shape index (κ2) is 21.3. The number of aliphatic hydroxyl groups excluding tert-OH is 1. The van der Waals surface area contributed by atoms with Crippen molar-refractivity contribution in [2.75, 3.05) is 13.7 Å². The first kappa shape index (κ1) is 48.4. The standard InChI is InChI=1S/C55H74N4O5/c1-13-39-35(8)42-28-44-37(10)41(24-25-48(60)64-27-26-34(7)23-17-22-33(6)21-16-20-32(5)19-15-18-31(3)4)52(58-44)50-51(55(62)63-12)54(61)49-38(11)45(59-53(49)50)30-47-40(14-2)36(9)43(57-47)29-46(39)56-42/h13,26,28-33,37,41,51,58,61H,1,14-25,27H2,2-12H3/b34-26-,44-28?,46-29?,47-30?,52-50?/t32?,33?,37-,41-,51?/m1/s1. The predicted octanol–water partition coefficient (Wildman–Crippen LogP) is 13.0. The van der Waals surface area contributed by atoms with E-state index in [2.05, 4.69) is 73.4 Å². The van der Waals surface area contributed by atoms with Crippen molar-refractivity contribution in [3.05, 3.63) is 116 Å². The molecule has 9 nitrogen and oxygen atoms in total. The summed E-state index contributed by atoms with van der Waals surface area (Å²) in [5, 5.41) is 15.6. The van der Waals surface area contributed by atoms with Gasteiger partial charge in [-0.3, -0.25) is 9.59 Å². The molecule has 1 saturated heterocycles. The lowest BCUT2D eigenvalue weighted by atomic mass is 9.84. The first-order chi connectivity index (χ1) is 30.6. The van der Waals surface area contributed by atoms with Crippen LogP contribution in [-0.4, -0.2) is 47.9 Å². The Morgan fingerprint density at radius 1 is 0.875 bits per heavy atom. The molecule has 1 aliphatic carbocycles. The minimum atomic E-state index is -1.08. The topological polar surface area (TPSA) is 122 Å². The van der Waals surface area contributed by atoms with Gasteiger partial charge in [-0.05, 0) is 118 Å². The number of aliphatic imine (C=N–C) groups is 3. The van der Waals surface area contributed by atoms with Crippen LogP contribution in [0.2, 0.25) is 0 Å². The van der Waals surface area contributed by atoms with Gasteiger partial charge in [-0.15, -0.1) is 0 Å². The van der Waals surface area contributed by atoms with Gasteiger partial charge in [-0.1, -0.05) is 105 Å². The molecule has 344 valence electrons. The van der Waals surface area contributed by atoms with Crippen molar-refractivity contribution >= 4 is 29.1 Å². The number of nitrogens with zero attached hydrogens (tertiary/aromatic N) is 3. The molecule has 0 aromatic carbocycles. The summed E-state index contributed by atoms with van der Waals surface area (Å²) in [4.78, 5) is 42.4. The zero-order valence-electron chi connectivity index (χ0n) is 40.7. The highest BCUT2D eigenvalue weighted by Crippen LogP contribution is 2.49. The summed E-state index contributed by atoms with van der Waals surface area (Å²) in [6.45, 7) is 26.2. The van der Waals surface area contributed by atoms with Gasteiger partial charge < -0.3 is 19.9 Å². The fraction of sp³-hybridized carbons (Fsp3) is 0.545. The van der Waals surface area contributed by atoms with Crippen LogP contribution in [0.1, 0.15) is 146 Å². The fourth-order valence-corrected chi connectivity index (χ4v) is 10.2. The zero-order chi connectivity index (χ0) is 46.4. The Balaban J connectivity index is 1.20. The molecular formula is C55H74N4O5. The second-order valence-corrected chi connectivity index (χ2v) is 19.5. The maximum atomic E-state index is 13.6. The number of hydrogen-bond acceptors (Lipinski definition) is 9. The van der Waals surface area contributed by atoms with E-state index in [9.17, 15) is 14.7 Å². The van der Waals surface area contributed by atoms with Crippen molar-refractivity contribution in [1.29, 1.82) is 0 Å². The Kier molecular flexibility index (Phi) is 16.1. The predicted molar refractivity (Wildman–Crippen MR) is 262 cm³/mol. The lowest BCUT2D eigenvalue weighted by Crippen LogP contribution is -2.25. The third-order valence-electron chi connectivity index (χ3n) is 14.3. The minimum Gasteiger partial charge on any atom is -0.510 e. The number of carbonyl (C=O) groups excluding carboxylic acids is 2. The molecule has 0 radical (unpaired) electrons. The molecule has 0 spiro atoms. The van der Waals surface area contributed by atoms with Crippen LogP contribution in [-0.2, 0) is 19.1 Å². The first-order valence-corrected chi connectivity index (χ1v) is 24.1. The van der Waals surface area contributed by atoms with Gasteiger partial charge in [0.15, 0.2) is 0 Å². The zero-order valence-corrected chi connectivity index (χ0v) is 40.7. The normalized spacial score (nSPS) is 22.8. The van der Waals surface area contributed by atoms with E-state index in [1.165, 1.54) is 57.6 Å². The van der Waals surface area contributed by atoms with Gasteiger partial charge in [0.25, 0.3) is 0 Å². The van der Waals surface area contributed by atoms with E-state index in [-0.39, 0.29) is 36.6 Å². The van der Waals surface area contributed by atoms with Crippen LogP contribution in [0, 0.1) is 35.5 Å². The summed E-state index contributed by atoms with van der Waals surface area (Å²) < 4.78 is 11.1. The SMILES string of the molecule is C=CC1=C(C)C2=NC1=CC1=NC(=CC3=C(C)C4=C(O)C(C(=O)OC)C(=C5NC(=C2)[C@H](C)[C@H]5CCC(=O)OC/C=C(/C)CCCC(C)CCCC(C)CCCC(C)C)C4=N3)C(CC)=C1C. The van der Waals surface area contributed by atoms with Gasteiger partial charge in [0.2, 0.25) is 0 Å². The molecule has 6 aliphatic rings. The van der Waals surface area contributed by atoms with Crippen LogP contribution in [0.3, 0.4) is 0 Å². The first-order valence-electron chi connectivity index (χ1n) is 24.1. The van der Waals surface area contributed by atoms with Gasteiger partial charge in [0.05, 0.1) is 41.3 Å². The molecule has 5 atom stereocenters. The monoisotopic (exact) mass is 871 g/mol. The van der Waals surface area contributed by atoms with Crippen LogP contribution in [0.25, 0.3) is 0 Å². The lowest BCUT2D eigenvalue weighted by molar-refractivity contribution is -0.144. The number of rotatable bonds is 20. The maximum Gasteiger partial charge on any atom is 0.321 e. The molecular weight excluding hydrogens is 797 g/mol. The van der Waals surface area contributed by atoms with E-state index in [4.69, 9.17) is 24.5 Å². The van der Waals surface area contributed by atoms with Crippen molar-refractivity contribution in [2.24, 2.45) is 50.5 Å². The third kappa shape index (κ3) is 10.6. The second-order valence-electron chi connectivity index (χ2n) is 19.5. The van der Waals surface area contributed by atoms with E-state index in [1.807, 2.05) is 38.2 Å². The molecule has 2 N–H and O–H groups in total. The summed E-state index contributed by atoms with van der Waals surface area (Å²) in [6.07, 6.45) is 22.7. The van der Waals surface area contributed by atoms with Gasteiger partial charge in [0.1, 0.15) is 18.3 Å². The van der Waals surface area contributed by atoms with E-state index in [1.54, 1.807) is 0 Å². The van der Waals surface area contributed by atoms with E-state index in [0.29, 0.717) is 29.0 Å². The van der Waals surface area contributed by atoms with Gasteiger partial charge >= 0.3 is 11.9 Å². The lowest BCUT2D eigenvalue weighted by Gasteiger charge is -2.20. The Hall–Kier alpha value is -5.05. The van der Waals surface area contributed by atoms with Crippen molar-refractivity contribution in [3.8, 4) is 0 Å².